The molecule has 0 aromatic carbocycles. The summed E-state index contributed by atoms with van der Waals surface area (Å²) in [7, 11) is 2.21. The lowest BCUT2D eigenvalue weighted by Crippen LogP contribution is -2.50. The molecular formula is C28H36N8O. The molecule has 3 aliphatic heterocycles. The molecule has 0 bridgehead atoms. The number of aromatic nitrogens is 4. The minimum absolute atomic E-state index is 0.211. The van der Waals surface area contributed by atoms with E-state index in [1.165, 1.54) is 12.8 Å². The van der Waals surface area contributed by atoms with Crippen LogP contribution in [0.2, 0.25) is 0 Å². The Morgan fingerprint density at radius 2 is 1.92 bits per heavy atom. The van der Waals surface area contributed by atoms with Crippen LogP contribution in [0.1, 0.15) is 38.2 Å². The molecule has 0 radical (unpaired) electrons. The highest BCUT2D eigenvalue weighted by atomic mass is 16.5. The van der Waals surface area contributed by atoms with Crippen molar-refractivity contribution in [2.45, 2.75) is 50.1 Å². The van der Waals surface area contributed by atoms with Crippen LogP contribution in [-0.2, 0) is 10.2 Å². The first-order chi connectivity index (χ1) is 18.1. The summed E-state index contributed by atoms with van der Waals surface area (Å²) in [5.41, 5.74) is 2.96. The van der Waals surface area contributed by atoms with Gasteiger partial charge in [-0.05, 0) is 76.5 Å². The highest BCUT2D eigenvalue weighted by molar-refractivity contribution is 5.94. The van der Waals surface area contributed by atoms with Crippen LogP contribution >= 0.6 is 0 Å². The maximum absolute atomic E-state index is 10.7. The highest BCUT2D eigenvalue weighted by Gasteiger charge is 2.40. The summed E-state index contributed by atoms with van der Waals surface area (Å²) in [6.07, 6.45) is 7.65. The van der Waals surface area contributed by atoms with Crippen LogP contribution in [0.3, 0.4) is 0 Å². The molecule has 3 aliphatic rings. The molecule has 3 aromatic heterocycles. The van der Waals surface area contributed by atoms with Gasteiger partial charge in [0, 0.05) is 43.5 Å². The fraction of sp³-hybridized carbons (Fsp3) is 0.571. The van der Waals surface area contributed by atoms with Crippen LogP contribution in [0, 0.1) is 11.3 Å². The van der Waals surface area contributed by atoms with Gasteiger partial charge in [-0.3, -0.25) is 10.1 Å². The number of morpholine rings is 1. The number of nitriles is 1. The molecule has 0 spiro atoms. The fourth-order valence-electron chi connectivity index (χ4n) is 6.41. The quantitative estimate of drug-likeness (QED) is 0.583. The van der Waals surface area contributed by atoms with Gasteiger partial charge in [0.1, 0.15) is 17.0 Å². The van der Waals surface area contributed by atoms with Crippen LogP contribution in [0.5, 0.6) is 0 Å². The third kappa shape index (κ3) is 4.48. The van der Waals surface area contributed by atoms with Gasteiger partial charge >= 0.3 is 0 Å². The minimum Gasteiger partial charge on any atom is -0.377 e. The van der Waals surface area contributed by atoms with Crippen molar-refractivity contribution in [2.75, 3.05) is 57.9 Å². The number of nitrogens with one attached hydrogen (secondary N) is 1. The first-order valence-electron chi connectivity index (χ1n) is 13.6. The molecule has 194 valence electrons. The molecular weight excluding hydrogens is 464 g/mol. The van der Waals surface area contributed by atoms with Crippen LogP contribution in [0.4, 0.5) is 5.82 Å². The smallest absolute Gasteiger partial charge is 0.130 e. The van der Waals surface area contributed by atoms with E-state index in [1.807, 2.05) is 18.3 Å². The van der Waals surface area contributed by atoms with E-state index in [4.69, 9.17) is 14.7 Å². The molecule has 0 aliphatic carbocycles. The van der Waals surface area contributed by atoms with E-state index in [2.05, 4.69) is 51.0 Å². The lowest BCUT2D eigenvalue weighted by Gasteiger charge is -2.44. The van der Waals surface area contributed by atoms with Crippen LogP contribution in [0.15, 0.2) is 30.6 Å². The maximum atomic E-state index is 10.7. The zero-order valence-corrected chi connectivity index (χ0v) is 21.9. The van der Waals surface area contributed by atoms with E-state index in [0.29, 0.717) is 19.3 Å². The van der Waals surface area contributed by atoms with Crippen molar-refractivity contribution in [2.24, 2.45) is 0 Å². The average Bonchev–Trinajstić information content (AvgIpc) is 3.48. The first-order valence-corrected chi connectivity index (χ1v) is 13.6. The van der Waals surface area contributed by atoms with Crippen molar-refractivity contribution in [3.8, 4) is 17.5 Å². The summed E-state index contributed by atoms with van der Waals surface area (Å²) < 4.78 is 5.71. The Hall–Kier alpha value is -3.06. The molecule has 0 amide bonds. The molecule has 0 unspecified atom stereocenters. The van der Waals surface area contributed by atoms with Crippen molar-refractivity contribution in [3.63, 3.8) is 0 Å². The van der Waals surface area contributed by atoms with Gasteiger partial charge in [-0.15, -0.1) is 0 Å². The van der Waals surface area contributed by atoms with E-state index in [-0.39, 0.29) is 6.04 Å². The topological polar surface area (TPSA) is 97.2 Å². The summed E-state index contributed by atoms with van der Waals surface area (Å²) in [6.45, 7) is 8.51. The monoisotopic (exact) mass is 500 g/mol. The SMILES string of the molecule is C[C@@H]1COCCN1c1cc(C2(C#N)CCN(C3CCN(C)CC3)CC2)c2ccnc(-c3ccn[nH]3)c2n1. The molecule has 9 heteroatoms. The molecule has 37 heavy (non-hydrogen) atoms. The molecule has 1 N–H and O–H groups in total. The average molecular weight is 501 g/mol. The maximum Gasteiger partial charge on any atom is 0.130 e. The first kappa shape index (κ1) is 24.3. The normalized spacial score (nSPS) is 23.8. The van der Waals surface area contributed by atoms with Crippen molar-refractivity contribution in [3.05, 3.63) is 36.2 Å². The standard InChI is InChI=1S/C28H36N8O/c1-20-18-37-16-15-36(20)25-17-23(22-3-9-30-27(26(22)32-25)24-4-10-31-33-24)28(19-29)7-13-35(14-8-28)21-5-11-34(2)12-6-21/h3-4,9-10,17,20-21H,5-8,11-16,18H2,1-2H3,(H,31,33)/t20-/m1/s1. The van der Waals surface area contributed by atoms with E-state index in [9.17, 15) is 5.26 Å². The molecule has 0 saturated carbocycles. The predicted octanol–water partition coefficient (Wildman–Crippen LogP) is 3.20. The van der Waals surface area contributed by atoms with Crippen molar-refractivity contribution in [1.29, 1.82) is 5.26 Å². The van der Waals surface area contributed by atoms with E-state index in [0.717, 1.165) is 79.2 Å². The van der Waals surface area contributed by atoms with Crippen LogP contribution in [-0.4, -0.2) is 95.0 Å². The summed E-state index contributed by atoms with van der Waals surface area (Å²) in [5.74, 6) is 0.902. The third-order valence-electron chi connectivity index (χ3n) is 8.72. The Bertz CT molecular complexity index is 1270. The summed E-state index contributed by atoms with van der Waals surface area (Å²) >= 11 is 0. The number of H-pyrrole nitrogens is 1. The molecule has 3 fully saturated rings. The van der Waals surface area contributed by atoms with Gasteiger partial charge in [-0.1, -0.05) is 0 Å². The second-order valence-corrected chi connectivity index (χ2v) is 10.9. The number of hydrogen-bond donors (Lipinski definition) is 1. The fourth-order valence-corrected chi connectivity index (χ4v) is 6.41. The number of ether oxygens (including phenoxy) is 1. The van der Waals surface area contributed by atoms with Gasteiger partial charge in [-0.2, -0.15) is 10.4 Å². The Morgan fingerprint density at radius 1 is 1.11 bits per heavy atom. The van der Waals surface area contributed by atoms with Crippen LogP contribution < -0.4 is 4.90 Å². The molecule has 6 rings (SSSR count). The van der Waals surface area contributed by atoms with Crippen molar-refractivity contribution < 1.29 is 4.74 Å². The number of likely N-dealkylation sites (tertiary alicyclic amines) is 2. The Morgan fingerprint density at radius 3 is 2.62 bits per heavy atom. The highest BCUT2D eigenvalue weighted by Crippen LogP contribution is 2.42. The number of hydrogen-bond acceptors (Lipinski definition) is 8. The number of piperidine rings is 2. The van der Waals surface area contributed by atoms with Gasteiger partial charge < -0.3 is 19.4 Å². The van der Waals surface area contributed by atoms with E-state index in [1.54, 1.807) is 6.20 Å². The van der Waals surface area contributed by atoms with E-state index < -0.39 is 5.41 Å². The largest absolute Gasteiger partial charge is 0.377 e. The number of nitrogens with zero attached hydrogens (tertiary/aromatic N) is 7. The predicted molar refractivity (Wildman–Crippen MR) is 143 cm³/mol. The van der Waals surface area contributed by atoms with Gasteiger partial charge in [0.25, 0.3) is 0 Å². The molecule has 3 saturated heterocycles. The number of pyridine rings is 2. The van der Waals surface area contributed by atoms with Crippen LogP contribution in [0.25, 0.3) is 22.3 Å². The summed E-state index contributed by atoms with van der Waals surface area (Å²) in [5, 5.41) is 19.0. The van der Waals surface area contributed by atoms with Crippen molar-refractivity contribution >= 4 is 16.7 Å². The number of anilines is 1. The summed E-state index contributed by atoms with van der Waals surface area (Å²) in [6, 6.07) is 9.79. The Balaban J connectivity index is 1.42. The number of fused-ring (bicyclic) bond motifs is 1. The van der Waals surface area contributed by atoms with Crippen molar-refractivity contribution in [1.82, 2.24) is 30.0 Å². The molecule has 6 heterocycles. The molecule has 1 atom stereocenters. The second-order valence-electron chi connectivity index (χ2n) is 10.9. The Kier molecular flexibility index (Phi) is 6.57. The van der Waals surface area contributed by atoms with Gasteiger partial charge in [-0.25, -0.2) is 4.98 Å². The molecule has 3 aromatic rings. The van der Waals surface area contributed by atoms with Gasteiger partial charge in [0.05, 0.1) is 36.4 Å². The van der Waals surface area contributed by atoms with Gasteiger partial charge in [0.15, 0.2) is 0 Å². The zero-order chi connectivity index (χ0) is 25.4. The zero-order valence-electron chi connectivity index (χ0n) is 21.9. The number of rotatable bonds is 4. The van der Waals surface area contributed by atoms with E-state index >= 15 is 0 Å². The third-order valence-corrected chi connectivity index (χ3v) is 8.72. The lowest BCUT2D eigenvalue weighted by atomic mass is 9.72. The number of aromatic amines is 1. The second kappa shape index (κ2) is 10.0. The van der Waals surface area contributed by atoms with Gasteiger partial charge in [0.2, 0.25) is 0 Å². The summed E-state index contributed by atoms with van der Waals surface area (Å²) in [4.78, 5) is 17.2. The lowest BCUT2D eigenvalue weighted by molar-refractivity contribution is 0.0864. The minimum atomic E-state index is -0.556. The Labute approximate surface area is 218 Å². The molecule has 9 nitrogen and oxygen atoms in total.